The van der Waals surface area contributed by atoms with Crippen LogP contribution in [0.5, 0.6) is 0 Å². The minimum absolute atomic E-state index is 0.0731. The molecule has 0 aliphatic carbocycles. The largest absolute Gasteiger partial charge is 0.384 e. The predicted molar refractivity (Wildman–Crippen MR) is 83.1 cm³/mol. The zero-order valence-electron chi connectivity index (χ0n) is 10.7. The summed E-state index contributed by atoms with van der Waals surface area (Å²) in [5, 5.41) is 4.40. The van der Waals surface area contributed by atoms with Crippen molar-refractivity contribution in [3.05, 3.63) is 63.1 Å². The molecule has 0 atom stereocenters. The molecule has 0 unspecified atom stereocenters. The van der Waals surface area contributed by atoms with Crippen LogP contribution in [-0.2, 0) is 12.8 Å². The number of nitrogens with one attached hydrogen (secondary N) is 1. The Morgan fingerprint density at radius 3 is 2.80 bits per heavy atom. The minimum atomic E-state index is 0.0731. The third-order valence-electron chi connectivity index (χ3n) is 3.50. The zero-order chi connectivity index (χ0) is 14.1. The van der Waals surface area contributed by atoms with Crippen LogP contribution in [0, 0.1) is 0 Å². The predicted octanol–water partition coefficient (Wildman–Crippen LogP) is 4.39. The number of fused-ring (bicyclic) bond motifs is 1. The van der Waals surface area contributed by atoms with Gasteiger partial charge in [0, 0.05) is 34.3 Å². The van der Waals surface area contributed by atoms with E-state index in [2.05, 4.69) is 5.32 Å². The van der Waals surface area contributed by atoms with Crippen LogP contribution in [0.4, 0.5) is 5.69 Å². The van der Waals surface area contributed by atoms with Crippen molar-refractivity contribution in [1.82, 2.24) is 0 Å². The van der Waals surface area contributed by atoms with Crippen molar-refractivity contribution in [1.29, 1.82) is 0 Å². The van der Waals surface area contributed by atoms with E-state index >= 15 is 0 Å². The van der Waals surface area contributed by atoms with Crippen LogP contribution in [0.1, 0.15) is 21.5 Å². The molecule has 3 rings (SSSR count). The van der Waals surface area contributed by atoms with E-state index < -0.39 is 0 Å². The van der Waals surface area contributed by atoms with Gasteiger partial charge in [-0.3, -0.25) is 4.79 Å². The fourth-order valence-corrected chi connectivity index (χ4v) is 2.89. The summed E-state index contributed by atoms with van der Waals surface area (Å²) in [5.41, 5.74) is 3.88. The molecule has 0 bridgehead atoms. The Morgan fingerprint density at radius 2 is 2.00 bits per heavy atom. The van der Waals surface area contributed by atoms with E-state index in [4.69, 9.17) is 23.2 Å². The second-order valence-electron chi connectivity index (χ2n) is 4.88. The van der Waals surface area contributed by atoms with Crippen LogP contribution in [-0.4, -0.2) is 12.3 Å². The topological polar surface area (TPSA) is 29.1 Å². The summed E-state index contributed by atoms with van der Waals surface area (Å²) in [6, 6.07) is 11.0. The maximum absolute atomic E-state index is 12.3. The second-order valence-corrected chi connectivity index (χ2v) is 5.73. The quantitative estimate of drug-likeness (QED) is 0.852. The first-order valence-corrected chi connectivity index (χ1v) is 7.23. The summed E-state index contributed by atoms with van der Waals surface area (Å²) in [6.07, 6.45) is 1.26. The lowest BCUT2D eigenvalue weighted by Gasteiger charge is -2.06. The highest BCUT2D eigenvalue weighted by molar-refractivity contribution is 6.35. The molecule has 0 saturated heterocycles. The van der Waals surface area contributed by atoms with E-state index in [9.17, 15) is 4.79 Å². The lowest BCUT2D eigenvalue weighted by atomic mass is 10.0. The first-order valence-electron chi connectivity index (χ1n) is 6.47. The lowest BCUT2D eigenvalue weighted by Crippen LogP contribution is -2.04. The van der Waals surface area contributed by atoms with Crippen LogP contribution in [0.15, 0.2) is 36.4 Å². The van der Waals surface area contributed by atoms with Crippen molar-refractivity contribution >= 4 is 34.7 Å². The van der Waals surface area contributed by atoms with E-state index in [0.717, 1.165) is 29.8 Å². The Kier molecular flexibility index (Phi) is 3.68. The molecule has 1 aliphatic heterocycles. The number of hydrogen-bond acceptors (Lipinski definition) is 2. The fourth-order valence-electron chi connectivity index (χ4n) is 2.42. The summed E-state index contributed by atoms with van der Waals surface area (Å²) in [6.45, 7) is 0.940. The Bertz CT molecular complexity index is 682. The maximum atomic E-state index is 12.3. The van der Waals surface area contributed by atoms with E-state index in [1.165, 1.54) is 5.56 Å². The van der Waals surface area contributed by atoms with Gasteiger partial charge in [-0.1, -0.05) is 29.3 Å². The number of carbonyl (C=O) groups is 1. The summed E-state index contributed by atoms with van der Waals surface area (Å²) in [7, 11) is 0. The normalized spacial score (nSPS) is 12.9. The van der Waals surface area contributed by atoms with Crippen molar-refractivity contribution in [3.63, 3.8) is 0 Å². The third kappa shape index (κ3) is 2.67. The molecule has 0 spiro atoms. The third-order valence-corrected chi connectivity index (χ3v) is 4.09. The number of halogens is 2. The number of hydrogen-bond donors (Lipinski definition) is 1. The summed E-state index contributed by atoms with van der Waals surface area (Å²) >= 11 is 12.0. The number of carbonyl (C=O) groups excluding carboxylic acids is 1. The molecule has 0 radical (unpaired) electrons. The van der Waals surface area contributed by atoms with Gasteiger partial charge in [-0.25, -0.2) is 0 Å². The molecule has 2 aromatic carbocycles. The van der Waals surface area contributed by atoms with Crippen molar-refractivity contribution < 1.29 is 4.79 Å². The van der Waals surface area contributed by atoms with Gasteiger partial charge in [-0.15, -0.1) is 0 Å². The molecule has 102 valence electrons. The van der Waals surface area contributed by atoms with Gasteiger partial charge in [0.15, 0.2) is 5.78 Å². The maximum Gasteiger partial charge on any atom is 0.167 e. The second kappa shape index (κ2) is 5.47. The highest BCUT2D eigenvalue weighted by Gasteiger charge is 2.14. The Morgan fingerprint density at radius 1 is 1.15 bits per heavy atom. The first kappa shape index (κ1) is 13.5. The Hall–Kier alpha value is -1.51. The van der Waals surface area contributed by atoms with Crippen LogP contribution in [0.2, 0.25) is 10.0 Å². The van der Waals surface area contributed by atoms with Crippen LogP contribution in [0.25, 0.3) is 0 Å². The average molecular weight is 306 g/mol. The van der Waals surface area contributed by atoms with Crippen molar-refractivity contribution in [2.75, 3.05) is 11.9 Å². The molecule has 0 amide bonds. The number of rotatable bonds is 3. The van der Waals surface area contributed by atoms with E-state index in [1.807, 2.05) is 18.2 Å². The summed E-state index contributed by atoms with van der Waals surface area (Å²) in [4.78, 5) is 12.3. The number of ketones is 1. The van der Waals surface area contributed by atoms with Crippen LogP contribution in [0.3, 0.4) is 0 Å². The van der Waals surface area contributed by atoms with E-state index in [0.29, 0.717) is 16.5 Å². The standard InChI is InChI=1S/C16H13Cl2NO/c17-13-3-1-10(14(18)9-13)8-16(20)12-2-4-15-11(7-12)5-6-19-15/h1-4,7,9,19H,5-6,8H2. The van der Waals surface area contributed by atoms with Crippen LogP contribution >= 0.6 is 23.2 Å². The molecule has 4 heteroatoms. The lowest BCUT2D eigenvalue weighted by molar-refractivity contribution is 0.0993. The molecule has 0 aromatic heterocycles. The number of benzene rings is 2. The SMILES string of the molecule is O=C(Cc1ccc(Cl)cc1Cl)c1ccc2c(c1)CCN2. The monoisotopic (exact) mass is 305 g/mol. The molecule has 1 aliphatic rings. The molecule has 0 saturated carbocycles. The highest BCUT2D eigenvalue weighted by Crippen LogP contribution is 2.25. The van der Waals surface area contributed by atoms with Gasteiger partial charge in [0.25, 0.3) is 0 Å². The highest BCUT2D eigenvalue weighted by atomic mass is 35.5. The van der Waals surface area contributed by atoms with Gasteiger partial charge >= 0.3 is 0 Å². The fraction of sp³-hybridized carbons (Fsp3) is 0.188. The molecular formula is C16H13Cl2NO. The molecule has 1 heterocycles. The Labute approximate surface area is 127 Å². The smallest absolute Gasteiger partial charge is 0.167 e. The molecule has 20 heavy (non-hydrogen) atoms. The molecule has 0 fully saturated rings. The zero-order valence-corrected chi connectivity index (χ0v) is 12.3. The summed E-state index contributed by atoms with van der Waals surface area (Å²) < 4.78 is 0. The van der Waals surface area contributed by atoms with Gasteiger partial charge in [0.05, 0.1) is 0 Å². The summed E-state index contributed by atoms with van der Waals surface area (Å²) in [5.74, 6) is 0.0731. The molecule has 2 nitrogen and oxygen atoms in total. The molecule has 1 N–H and O–H groups in total. The van der Waals surface area contributed by atoms with E-state index in [-0.39, 0.29) is 5.78 Å². The molecular weight excluding hydrogens is 293 g/mol. The molecule has 2 aromatic rings. The van der Waals surface area contributed by atoms with Crippen molar-refractivity contribution in [2.24, 2.45) is 0 Å². The minimum Gasteiger partial charge on any atom is -0.384 e. The Balaban J connectivity index is 1.82. The number of anilines is 1. The van der Waals surface area contributed by atoms with Crippen molar-refractivity contribution in [2.45, 2.75) is 12.8 Å². The van der Waals surface area contributed by atoms with Gasteiger partial charge in [-0.2, -0.15) is 0 Å². The van der Waals surface area contributed by atoms with Gasteiger partial charge < -0.3 is 5.32 Å². The first-order chi connectivity index (χ1) is 9.63. The van der Waals surface area contributed by atoms with Crippen molar-refractivity contribution in [3.8, 4) is 0 Å². The number of Topliss-reactive ketones (excluding diaryl/α,β-unsaturated/α-hetero) is 1. The average Bonchev–Trinajstić information content (AvgIpc) is 2.89. The van der Waals surface area contributed by atoms with E-state index in [1.54, 1.807) is 18.2 Å². The van der Waals surface area contributed by atoms with Gasteiger partial charge in [0.2, 0.25) is 0 Å². The van der Waals surface area contributed by atoms with Gasteiger partial charge in [-0.05, 0) is 47.9 Å². The van der Waals surface area contributed by atoms with Gasteiger partial charge in [0.1, 0.15) is 0 Å². The van der Waals surface area contributed by atoms with Crippen LogP contribution < -0.4 is 5.32 Å².